The van der Waals surface area contributed by atoms with E-state index in [0.717, 1.165) is 31.1 Å². The maximum absolute atomic E-state index is 12.8. The van der Waals surface area contributed by atoms with Crippen LogP contribution in [0.15, 0.2) is 24.3 Å². The molecule has 0 aromatic heterocycles. The molecule has 24 heavy (non-hydrogen) atoms. The summed E-state index contributed by atoms with van der Waals surface area (Å²) in [5.74, 6) is 0.252. The predicted octanol–water partition coefficient (Wildman–Crippen LogP) is 1.79. The van der Waals surface area contributed by atoms with E-state index >= 15 is 0 Å². The number of rotatable bonds is 3. The van der Waals surface area contributed by atoms with Crippen LogP contribution < -0.4 is 0 Å². The smallest absolute Gasteiger partial charge is 0.228 e. The summed E-state index contributed by atoms with van der Waals surface area (Å²) in [6.45, 7) is 5.31. The number of amides is 1. The first-order valence-electron chi connectivity index (χ1n) is 8.68. The number of likely N-dealkylation sites (tertiary alicyclic amines) is 1. The first-order valence-corrected chi connectivity index (χ1v) is 9.05. The molecule has 1 aromatic carbocycles. The lowest BCUT2D eigenvalue weighted by atomic mass is 9.98. The first kappa shape index (κ1) is 16.3. The minimum absolute atomic E-state index is 0.00307. The summed E-state index contributed by atoms with van der Waals surface area (Å²) in [5, 5.41) is 0.761. The van der Waals surface area contributed by atoms with Crippen molar-refractivity contribution < 1.29 is 14.3 Å². The number of carbonyl (C=O) groups is 1. The zero-order chi connectivity index (χ0) is 16.5. The van der Waals surface area contributed by atoms with Gasteiger partial charge in [0, 0.05) is 37.7 Å². The van der Waals surface area contributed by atoms with Crippen LogP contribution in [0.5, 0.6) is 0 Å². The lowest BCUT2D eigenvalue weighted by molar-refractivity contribution is -0.142. The molecule has 1 aromatic rings. The highest BCUT2D eigenvalue weighted by molar-refractivity contribution is 6.30. The molecule has 5 nitrogen and oxygen atoms in total. The van der Waals surface area contributed by atoms with Crippen LogP contribution in [0.2, 0.25) is 5.02 Å². The van der Waals surface area contributed by atoms with Gasteiger partial charge in [0.1, 0.15) is 0 Å². The molecule has 130 valence electrons. The molecule has 3 fully saturated rings. The summed E-state index contributed by atoms with van der Waals surface area (Å²) in [7, 11) is 0. The van der Waals surface area contributed by atoms with Gasteiger partial charge in [-0.1, -0.05) is 23.7 Å². The van der Waals surface area contributed by atoms with E-state index in [1.165, 1.54) is 5.56 Å². The van der Waals surface area contributed by atoms with Crippen LogP contribution in [-0.2, 0) is 20.8 Å². The molecule has 3 saturated heterocycles. The molecule has 6 heteroatoms. The molecule has 4 rings (SSSR count). The minimum Gasteiger partial charge on any atom is -0.378 e. The Morgan fingerprint density at radius 2 is 1.92 bits per heavy atom. The predicted molar refractivity (Wildman–Crippen MR) is 90.9 cm³/mol. The Labute approximate surface area is 147 Å². The number of carbonyl (C=O) groups excluding carboxylic acids is 1. The highest BCUT2D eigenvalue weighted by Crippen LogP contribution is 2.34. The summed E-state index contributed by atoms with van der Waals surface area (Å²) in [5.41, 5.74) is 1.25. The maximum atomic E-state index is 12.8. The van der Waals surface area contributed by atoms with Crippen molar-refractivity contribution in [2.75, 3.05) is 39.4 Å². The van der Waals surface area contributed by atoms with E-state index in [9.17, 15) is 4.79 Å². The quantitative estimate of drug-likeness (QED) is 0.833. The molecule has 3 aliphatic heterocycles. The van der Waals surface area contributed by atoms with Crippen molar-refractivity contribution >= 4 is 17.5 Å². The third-order valence-electron chi connectivity index (χ3n) is 5.19. The summed E-state index contributed by atoms with van der Waals surface area (Å²) in [6, 6.07) is 7.99. The third kappa shape index (κ3) is 3.45. The van der Waals surface area contributed by atoms with Gasteiger partial charge in [-0.3, -0.25) is 9.69 Å². The highest BCUT2D eigenvalue weighted by atomic mass is 35.5. The fourth-order valence-corrected chi connectivity index (χ4v) is 4.12. The van der Waals surface area contributed by atoms with E-state index in [1.807, 2.05) is 17.0 Å². The van der Waals surface area contributed by atoms with Crippen molar-refractivity contribution in [2.45, 2.75) is 25.2 Å². The van der Waals surface area contributed by atoms with Crippen molar-refractivity contribution in [1.82, 2.24) is 9.80 Å². The Bertz CT molecular complexity index is 588. The molecule has 0 N–H and O–H groups in total. The SMILES string of the molecule is O=C([C@H]1C[C@H]2CN(Cc3ccc(Cl)cc3)C[C@H]1O2)N1CCOCC1. The Morgan fingerprint density at radius 1 is 1.17 bits per heavy atom. The number of halogens is 1. The van der Waals surface area contributed by atoms with Crippen molar-refractivity contribution in [2.24, 2.45) is 5.92 Å². The third-order valence-corrected chi connectivity index (χ3v) is 5.44. The van der Waals surface area contributed by atoms with Crippen LogP contribution in [0.3, 0.4) is 0 Å². The molecular weight excluding hydrogens is 328 g/mol. The first-order chi connectivity index (χ1) is 11.7. The van der Waals surface area contributed by atoms with Gasteiger partial charge in [0.2, 0.25) is 5.91 Å². The Kier molecular flexibility index (Phi) is 4.77. The zero-order valence-electron chi connectivity index (χ0n) is 13.7. The van der Waals surface area contributed by atoms with Crippen LogP contribution in [-0.4, -0.2) is 67.3 Å². The Hall–Kier alpha value is -1.14. The second-order valence-electron chi connectivity index (χ2n) is 6.90. The number of hydrogen-bond acceptors (Lipinski definition) is 4. The molecule has 0 radical (unpaired) electrons. The van der Waals surface area contributed by atoms with Crippen molar-refractivity contribution in [1.29, 1.82) is 0 Å². The fraction of sp³-hybridized carbons (Fsp3) is 0.611. The van der Waals surface area contributed by atoms with Crippen LogP contribution in [0, 0.1) is 5.92 Å². The lowest BCUT2D eigenvalue weighted by Crippen LogP contribution is -2.48. The standard InChI is InChI=1S/C18H23ClN2O3/c19-14-3-1-13(2-4-14)10-20-11-15-9-16(17(12-20)24-15)18(22)21-5-7-23-8-6-21/h1-4,15-17H,5-12H2/t15-,16-,17+/m0/s1. The van der Waals surface area contributed by atoms with Crippen molar-refractivity contribution in [3.63, 3.8) is 0 Å². The summed E-state index contributed by atoms with van der Waals surface area (Å²) in [6.07, 6.45) is 1.04. The van der Waals surface area contributed by atoms with Gasteiger partial charge in [-0.05, 0) is 24.1 Å². The van der Waals surface area contributed by atoms with E-state index in [2.05, 4.69) is 17.0 Å². The molecule has 1 amide bonds. The average molecular weight is 351 g/mol. The van der Waals surface area contributed by atoms with Gasteiger partial charge < -0.3 is 14.4 Å². The second-order valence-corrected chi connectivity index (χ2v) is 7.33. The van der Waals surface area contributed by atoms with Gasteiger partial charge in [0.15, 0.2) is 0 Å². The monoisotopic (exact) mass is 350 g/mol. The molecule has 2 bridgehead atoms. The normalized spacial score (nSPS) is 30.5. The van der Waals surface area contributed by atoms with Gasteiger partial charge >= 0.3 is 0 Å². The molecule has 3 heterocycles. The van der Waals surface area contributed by atoms with E-state index < -0.39 is 0 Å². The minimum atomic E-state index is 0.00307. The Balaban J connectivity index is 1.38. The van der Waals surface area contributed by atoms with E-state index in [4.69, 9.17) is 21.1 Å². The average Bonchev–Trinajstić information content (AvgIpc) is 2.91. The van der Waals surface area contributed by atoms with E-state index in [1.54, 1.807) is 0 Å². The largest absolute Gasteiger partial charge is 0.378 e. The van der Waals surface area contributed by atoms with Crippen molar-refractivity contribution in [3.05, 3.63) is 34.9 Å². The molecule has 3 aliphatic rings. The molecule has 0 spiro atoms. The van der Waals surface area contributed by atoms with Gasteiger partial charge in [0.25, 0.3) is 0 Å². The van der Waals surface area contributed by atoms with Gasteiger partial charge in [-0.25, -0.2) is 0 Å². The molecular formula is C18H23ClN2O3. The van der Waals surface area contributed by atoms with Gasteiger partial charge in [-0.15, -0.1) is 0 Å². The van der Waals surface area contributed by atoms with Crippen LogP contribution in [0.25, 0.3) is 0 Å². The Morgan fingerprint density at radius 3 is 2.67 bits per heavy atom. The van der Waals surface area contributed by atoms with E-state index in [-0.39, 0.29) is 24.0 Å². The van der Waals surface area contributed by atoms with Crippen LogP contribution in [0.1, 0.15) is 12.0 Å². The number of hydrogen-bond donors (Lipinski definition) is 0. The van der Waals surface area contributed by atoms with Gasteiger partial charge in [0.05, 0.1) is 31.3 Å². The van der Waals surface area contributed by atoms with Gasteiger partial charge in [-0.2, -0.15) is 0 Å². The summed E-state index contributed by atoms with van der Waals surface area (Å²) < 4.78 is 11.4. The topological polar surface area (TPSA) is 42.0 Å². The number of benzene rings is 1. The number of morpholine rings is 2. The summed E-state index contributed by atoms with van der Waals surface area (Å²) >= 11 is 5.95. The van der Waals surface area contributed by atoms with E-state index in [0.29, 0.717) is 26.3 Å². The second kappa shape index (κ2) is 7.00. The maximum Gasteiger partial charge on any atom is 0.228 e. The van der Waals surface area contributed by atoms with Crippen LogP contribution in [0.4, 0.5) is 0 Å². The molecule has 0 saturated carbocycles. The summed E-state index contributed by atoms with van der Waals surface area (Å²) in [4.78, 5) is 17.1. The molecule has 0 unspecified atom stereocenters. The molecule has 3 atom stereocenters. The molecule has 0 aliphatic carbocycles. The lowest BCUT2D eigenvalue weighted by Gasteiger charge is -2.34. The zero-order valence-corrected chi connectivity index (χ0v) is 14.5. The van der Waals surface area contributed by atoms with Crippen molar-refractivity contribution in [3.8, 4) is 0 Å². The number of nitrogens with zero attached hydrogens (tertiary/aromatic N) is 2. The number of ether oxygens (including phenoxy) is 2. The highest BCUT2D eigenvalue weighted by Gasteiger charge is 2.45. The number of fused-ring (bicyclic) bond motifs is 2. The fourth-order valence-electron chi connectivity index (χ4n) is 3.99. The van der Waals surface area contributed by atoms with Crippen LogP contribution >= 0.6 is 11.6 Å².